The molecule has 0 saturated carbocycles. The molecule has 7 nitrogen and oxygen atoms in total. The Labute approximate surface area is 166 Å². The zero-order chi connectivity index (χ0) is 19.7. The quantitative estimate of drug-likeness (QED) is 0.722. The van der Waals surface area contributed by atoms with Crippen LogP contribution in [0, 0.1) is 5.92 Å². The van der Waals surface area contributed by atoms with E-state index in [2.05, 4.69) is 5.10 Å². The van der Waals surface area contributed by atoms with Gasteiger partial charge in [-0.05, 0) is 49.2 Å². The number of hydrogen-bond donors (Lipinski definition) is 1. The fraction of sp³-hybridized carbons (Fsp3) is 0.250. The fourth-order valence-corrected chi connectivity index (χ4v) is 3.52. The van der Waals surface area contributed by atoms with Gasteiger partial charge in [0.1, 0.15) is 5.69 Å². The number of carboxylic acids is 1. The molecule has 1 amide bonds. The lowest BCUT2D eigenvalue weighted by molar-refractivity contribution is -0.143. The van der Waals surface area contributed by atoms with Crippen LogP contribution >= 0.6 is 11.6 Å². The molecule has 1 fully saturated rings. The highest BCUT2D eigenvalue weighted by Gasteiger charge is 2.30. The average Bonchev–Trinajstić information content (AvgIpc) is 3.38. The summed E-state index contributed by atoms with van der Waals surface area (Å²) in [4.78, 5) is 25.9. The number of furan rings is 1. The van der Waals surface area contributed by atoms with Crippen LogP contribution in [-0.2, 0) is 4.79 Å². The van der Waals surface area contributed by atoms with Crippen molar-refractivity contribution in [1.82, 2.24) is 14.7 Å². The summed E-state index contributed by atoms with van der Waals surface area (Å²) in [6.45, 7) is 0.713. The molecule has 3 aromatic rings. The lowest BCUT2D eigenvalue weighted by Gasteiger charge is -2.30. The number of piperidine rings is 1. The van der Waals surface area contributed by atoms with Crippen molar-refractivity contribution < 1.29 is 19.1 Å². The van der Waals surface area contributed by atoms with Crippen LogP contribution in [0.3, 0.4) is 0 Å². The SMILES string of the molecule is O=C(O)C1CCCN(C(=O)c2cc(-c3ccco3)n(-c3ccc(Cl)cc3)n2)C1. The summed E-state index contributed by atoms with van der Waals surface area (Å²) >= 11 is 5.98. The number of amides is 1. The normalized spacial score (nSPS) is 16.9. The molecule has 2 aromatic heterocycles. The Hall–Kier alpha value is -3.06. The summed E-state index contributed by atoms with van der Waals surface area (Å²) in [7, 11) is 0. The second-order valence-electron chi connectivity index (χ2n) is 6.71. The molecule has 1 aromatic carbocycles. The second-order valence-corrected chi connectivity index (χ2v) is 7.15. The monoisotopic (exact) mass is 399 g/mol. The van der Waals surface area contributed by atoms with E-state index < -0.39 is 11.9 Å². The van der Waals surface area contributed by atoms with Gasteiger partial charge in [-0.2, -0.15) is 5.10 Å². The maximum Gasteiger partial charge on any atom is 0.308 e. The number of carbonyl (C=O) groups is 2. The Morgan fingerprint density at radius 3 is 2.68 bits per heavy atom. The lowest BCUT2D eigenvalue weighted by Crippen LogP contribution is -2.42. The molecule has 0 spiro atoms. The molecule has 1 saturated heterocycles. The van der Waals surface area contributed by atoms with Crippen LogP contribution in [0.5, 0.6) is 0 Å². The van der Waals surface area contributed by atoms with Crippen molar-refractivity contribution in [3.8, 4) is 17.1 Å². The van der Waals surface area contributed by atoms with E-state index in [1.54, 1.807) is 58.3 Å². The van der Waals surface area contributed by atoms with Crippen molar-refractivity contribution in [2.45, 2.75) is 12.8 Å². The highest BCUT2D eigenvalue weighted by Crippen LogP contribution is 2.27. The van der Waals surface area contributed by atoms with Crippen LogP contribution in [0.4, 0.5) is 0 Å². The van der Waals surface area contributed by atoms with Gasteiger partial charge in [-0.15, -0.1) is 0 Å². The first kappa shape index (κ1) is 18.3. The van der Waals surface area contributed by atoms with Gasteiger partial charge in [0.05, 0.1) is 17.9 Å². The number of carboxylic acid groups (broad SMARTS) is 1. The standard InChI is InChI=1S/C20H18ClN3O4/c21-14-5-7-15(8-6-14)24-17(18-4-2-10-28-18)11-16(22-24)19(25)23-9-1-3-13(12-23)20(26)27/h2,4-8,10-11,13H,1,3,9,12H2,(H,26,27). The molecule has 1 unspecified atom stereocenters. The third-order valence-corrected chi connectivity index (χ3v) is 5.08. The van der Waals surface area contributed by atoms with Crippen LogP contribution in [0.25, 0.3) is 17.1 Å². The number of hydrogen-bond acceptors (Lipinski definition) is 4. The van der Waals surface area contributed by atoms with E-state index in [9.17, 15) is 14.7 Å². The number of nitrogens with zero attached hydrogens (tertiary/aromatic N) is 3. The first-order valence-electron chi connectivity index (χ1n) is 8.95. The molecule has 144 valence electrons. The molecule has 28 heavy (non-hydrogen) atoms. The van der Waals surface area contributed by atoms with Gasteiger partial charge in [-0.3, -0.25) is 9.59 Å². The van der Waals surface area contributed by atoms with Gasteiger partial charge in [-0.1, -0.05) is 11.6 Å². The number of halogens is 1. The van der Waals surface area contributed by atoms with E-state index >= 15 is 0 Å². The Balaban J connectivity index is 1.70. The van der Waals surface area contributed by atoms with E-state index in [1.165, 1.54) is 0 Å². The van der Waals surface area contributed by atoms with Crippen molar-refractivity contribution in [3.05, 3.63) is 59.4 Å². The largest absolute Gasteiger partial charge is 0.481 e. The van der Waals surface area contributed by atoms with E-state index in [-0.39, 0.29) is 18.1 Å². The van der Waals surface area contributed by atoms with E-state index in [0.717, 1.165) is 5.69 Å². The molecular weight excluding hydrogens is 382 g/mol. The van der Waals surface area contributed by atoms with Crippen LogP contribution in [0.1, 0.15) is 23.3 Å². The molecule has 1 atom stereocenters. The van der Waals surface area contributed by atoms with Gasteiger partial charge in [0.15, 0.2) is 11.5 Å². The summed E-state index contributed by atoms with van der Waals surface area (Å²) in [5.74, 6) is -1.13. The van der Waals surface area contributed by atoms with E-state index in [0.29, 0.717) is 35.9 Å². The third kappa shape index (κ3) is 3.53. The molecule has 4 rings (SSSR count). The van der Waals surface area contributed by atoms with Gasteiger partial charge in [-0.25, -0.2) is 4.68 Å². The van der Waals surface area contributed by atoms with Gasteiger partial charge in [0.2, 0.25) is 0 Å². The van der Waals surface area contributed by atoms with E-state index in [4.69, 9.17) is 16.0 Å². The molecule has 8 heteroatoms. The van der Waals surface area contributed by atoms with Gasteiger partial charge in [0, 0.05) is 24.2 Å². The summed E-state index contributed by atoms with van der Waals surface area (Å²) in [6, 6.07) is 12.3. The molecule has 0 radical (unpaired) electrons. The summed E-state index contributed by atoms with van der Waals surface area (Å²) in [6.07, 6.45) is 2.79. The second kappa shape index (κ2) is 7.52. The van der Waals surface area contributed by atoms with Crippen molar-refractivity contribution in [2.75, 3.05) is 13.1 Å². The van der Waals surface area contributed by atoms with Crippen LogP contribution in [0.2, 0.25) is 5.02 Å². The third-order valence-electron chi connectivity index (χ3n) is 4.83. The first-order chi connectivity index (χ1) is 13.5. The van der Waals surface area contributed by atoms with Crippen LogP contribution in [0.15, 0.2) is 53.1 Å². The Morgan fingerprint density at radius 1 is 1.21 bits per heavy atom. The summed E-state index contributed by atoms with van der Waals surface area (Å²) in [5.41, 5.74) is 1.60. The Bertz CT molecular complexity index is 995. The molecule has 3 heterocycles. The average molecular weight is 400 g/mol. The number of rotatable bonds is 4. The van der Waals surface area contributed by atoms with Crippen LogP contribution < -0.4 is 0 Å². The maximum absolute atomic E-state index is 13.0. The first-order valence-corrected chi connectivity index (χ1v) is 9.32. The van der Waals surface area contributed by atoms with Crippen molar-refractivity contribution in [2.24, 2.45) is 5.92 Å². The zero-order valence-electron chi connectivity index (χ0n) is 14.9. The predicted molar refractivity (Wildman–Crippen MR) is 103 cm³/mol. The Morgan fingerprint density at radius 2 is 2.00 bits per heavy atom. The summed E-state index contributed by atoms with van der Waals surface area (Å²) < 4.78 is 7.13. The van der Waals surface area contributed by atoms with Gasteiger partial charge in [0.25, 0.3) is 5.91 Å². The molecule has 1 N–H and O–H groups in total. The minimum Gasteiger partial charge on any atom is -0.481 e. The maximum atomic E-state index is 13.0. The number of likely N-dealkylation sites (tertiary alicyclic amines) is 1. The van der Waals surface area contributed by atoms with Crippen molar-refractivity contribution >= 4 is 23.5 Å². The number of aliphatic carboxylic acids is 1. The number of benzene rings is 1. The molecule has 1 aliphatic heterocycles. The van der Waals surface area contributed by atoms with Crippen molar-refractivity contribution in [1.29, 1.82) is 0 Å². The molecular formula is C20H18ClN3O4. The van der Waals surface area contributed by atoms with Gasteiger partial charge >= 0.3 is 5.97 Å². The lowest BCUT2D eigenvalue weighted by atomic mass is 9.98. The fourth-order valence-electron chi connectivity index (χ4n) is 3.39. The summed E-state index contributed by atoms with van der Waals surface area (Å²) in [5, 5.41) is 14.4. The highest BCUT2D eigenvalue weighted by atomic mass is 35.5. The van der Waals surface area contributed by atoms with Crippen molar-refractivity contribution in [3.63, 3.8) is 0 Å². The predicted octanol–water partition coefficient (Wildman–Crippen LogP) is 3.72. The van der Waals surface area contributed by atoms with Gasteiger partial charge < -0.3 is 14.4 Å². The highest BCUT2D eigenvalue weighted by molar-refractivity contribution is 6.30. The molecule has 1 aliphatic rings. The smallest absolute Gasteiger partial charge is 0.308 e. The minimum atomic E-state index is -0.875. The zero-order valence-corrected chi connectivity index (χ0v) is 15.7. The molecule has 0 aliphatic carbocycles. The number of aromatic nitrogens is 2. The van der Waals surface area contributed by atoms with Crippen LogP contribution in [-0.4, -0.2) is 44.8 Å². The Kier molecular flexibility index (Phi) is 4.92. The minimum absolute atomic E-state index is 0.193. The van der Waals surface area contributed by atoms with E-state index in [1.807, 2.05) is 0 Å². The number of carbonyl (C=O) groups excluding carboxylic acids is 1. The topological polar surface area (TPSA) is 88.6 Å². The molecule has 0 bridgehead atoms.